The van der Waals surface area contributed by atoms with Gasteiger partial charge in [-0.2, -0.15) is 0 Å². The van der Waals surface area contributed by atoms with Crippen molar-refractivity contribution >= 4 is 17.7 Å². The van der Waals surface area contributed by atoms with Gasteiger partial charge in [0, 0.05) is 0 Å². The summed E-state index contributed by atoms with van der Waals surface area (Å²) in [5.41, 5.74) is 1.71. The molecule has 1 aromatic rings. The summed E-state index contributed by atoms with van der Waals surface area (Å²) < 4.78 is 12.9. The minimum atomic E-state index is -0.427. The Balaban J connectivity index is 3.01. The number of aliphatic hydroxyl groups is 1. The molecular formula is C12H14ClFO. The van der Waals surface area contributed by atoms with Crippen molar-refractivity contribution in [2.24, 2.45) is 5.92 Å². The van der Waals surface area contributed by atoms with Gasteiger partial charge in [0.2, 0.25) is 0 Å². The molecule has 0 saturated heterocycles. The Kier molecular flexibility index (Phi) is 4.30. The Hall–Kier alpha value is -0.860. The summed E-state index contributed by atoms with van der Waals surface area (Å²) in [6.07, 6.45) is 1.83. The van der Waals surface area contributed by atoms with Crippen molar-refractivity contribution in [2.75, 3.05) is 6.61 Å². The normalized spacial score (nSPS) is 12.3. The molecule has 0 aliphatic heterocycles. The molecule has 0 aromatic heterocycles. The number of hydrogen-bond donors (Lipinski definition) is 1. The van der Waals surface area contributed by atoms with Crippen molar-refractivity contribution in [1.82, 2.24) is 0 Å². The summed E-state index contributed by atoms with van der Waals surface area (Å²) in [5, 5.41) is 9.21. The molecule has 15 heavy (non-hydrogen) atoms. The molecule has 0 unspecified atom stereocenters. The standard InChI is InChI=1S/C12H14ClFO/c1-8(2)10(7-15)5-9-3-4-12(14)11(13)6-9/h3-6,8,15H,7H2,1-2H3/b10-5+. The van der Waals surface area contributed by atoms with Crippen molar-refractivity contribution < 1.29 is 9.50 Å². The van der Waals surface area contributed by atoms with E-state index in [4.69, 9.17) is 16.7 Å². The summed E-state index contributed by atoms with van der Waals surface area (Å²) in [4.78, 5) is 0. The molecule has 3 heteroatoms. The third kappa shape index (κ3) is 3.33. The number of halogens is 2. The van der Waals surface area contributed by atoms with E-state index in [0.717, 1.165) is 11.1 Å². The van der Waals surface area contributed by atoms with E-state index in [9.17, 15) is 4.39 Å². The van der Waals surface area contributed by atoms with Crippen LogP contribution in [0.4, 0.5) is 4.39 Å². The van der Waals surface area contributed by atoms with Crippen LogP contribution in [-0.2, 0) is 0 Å². The number of rotatable bonds is 3. The van der Waals surface area contributed by atoms with Crippen LogP contribution in [0.1, 0.15) is 19.4 Å². The first-order chi connectivity index (χ1) is 7.04. The van der Waals surface area contributed by atoms with E-state index < -0.39 is 5.82 Å². The average molecular weight is 229 g/mol. The minimum Gasteiger partial charge on any atom is -0.392 e. The summed E-state index contributed by atoms with van der Waals surface area (Å²) in [7, 11) is 0. The van der Waals surface area contributed by atoms with Crippen molar-refractivity contribution in [2.45, 2.75) is 13.8 Å². The molecule has 0 amide bonds. The summed E-state index contributed by atoms with van der Waals surface area (Å²) in [5.74, 6) is -0.164. The SMILES string of the molecule is CC(C)/C(=C/c1ccc(F)c(Cl)c1)CO. The van der Waals surface area contributed by atoms with Gasteiger partial charge in [0.15, 0.2) is 0 Å². The van der Waals surface area contributed by atoms with Crippen LogP contribution in [0.3, 0.4) is 0 Å². The molecule has 0 fully saturated rings. The van der Waals surface area contributed by atoms with Crippen molar-refractivity contribution in [3.63, 3.8) is 0 Å². The highest BCUT2D eigenvalue weighted by atomic mass is 35.5. The van der Waals surface area contributed by atoms with Gasteiger partial charge in [-0.15, -0.1) is 0 Å². The maximum Gasteiger partial charge on any atom is 0.141 e. The molecule has 0 heterocycles. The molecule has 0 aliphatic carbocycles. The second-order valence-electron chi connectivity index (χ2n) is 3.71. The van der Waals surface area contributed by atoms with E-state index in [1.54, 1.807) is 12.1 Å². The fourth-order valence-electron chi connectivity index (χ4n) is 1.21. The van der Waals surface area contributed by atoms with E-state index in [1.165, 1.54) is 6.07 Å². The first kappa shape index (κ1) is 12.2. The lowest BCUT2D eigenvalue weighted by Gasteiger charge is -2.08. The highest BCUT2D eigenvalue weighted by Gasteiger charge is 2.03. The van der Waals surface area contributed by atoms with Crippen LogP contribution in [0.25, 0.3) is 6.08 Å². The zero-order chi connectivity index (χ0) is 11.4. The predicted octanol–water partition coefficient (Wildman–Crippen LogP) is 3.51. The van der Waals surface area contributed by atoms with Gasteiger partial charge in [0.05, 0.1) is 11.6 Å². The molecular weight excluding hydrogens is 215 g/mol. The van der Waals surface area contributed by atoms with Gasteiger partial charge >= 0.3 is 0 Å². The van der Waals surface area contributed by atoms with Crippen LogP contribution < -0.4 is 0 Å². The average Bonchev–Trinajstić information content (AvgIpc) is 2.19. The van der Waals surface area contributed by atoms with Gasteiger partial charge in [0.25, 0.3) is 0 Å². The fourth-order valence-corrected chi connectivity index (χ4v) is 1.40. The van der Waals surface area contributed by atoms with Crippen molar-refractivity contribution in [3.05, 3.63) is 40.2 Å². The lowest BCUT2D eigenvalue weighted by atomic mass is 10.0. The molecule has 0 bridgehead atoms. The second-order valence-corrected chi connectivity index (χ2v) is 4.11. The Morgan fingerprint density at radius 3 is 2.67 bits per heavy atom. The van der Waals surface area contributed by atoms with E-state index in [-0.39, 0.29) is 17.5 Å². The van der Waals surface area contributed by atoms with Crippen LogP contribution in [0.15, 0.2) is 23.8 Å². The molecule has 0 atom stereocenters. The Morgan fingerprint density at radius 1 is 1.53 bits per heavy atom. The highest BCUT2D eigenvalue weighted by molar-refractivity contribution is 6.30. The zero-order valence-corrected chi connectivity index (χ0v) is 9.55. The summed E-state index contributed by atoms with van der Waals surface area (Å²) in [6.45, 7) is 3.99. The summed E-state index contributed by atoms with van der Waals surface area (Å²) in [6, 6.07) is 4.51. The minimum absolute atomic E-state index is 0.00661. The molecule has 0 radical (unpaired) electrons. The van der Waals surface area contributed by atoms with Crippen LogP contribution in [-0.4, -0.2) is 11.7 Å². The second kappa shape index (κ2) is 5.29. The first-order valence-corrected chi connectivity index (χ1v) is 5.18. The lowest BCUT2D eigenvalue weighted by molar-refractivity contribution is 0.320. The predicted molar refractivity (Wildman–Crippen MR) is 61.3 cm³/mol. The van der Waals surface area contributed by atoms with Crippen LogP contribution in [0.5, 0.6) is 0 Å². The van der Waals surface area contributed by atoms with Crippen molar-refractivity contribution in [1.29, 1.82) is 0 Å². The maximum atomic E-state index is 12.9. The van der Waals surface area contributed by atoms with Gasteiger partial charge in [-0.1, -0.05) is 37.6 Å². The monoisotopic (exact) mass is 228 g/mol. The van der Waals surface area contributed by atoms with Gasteiger partial charge in [0.1, 0.15) is 5.82 Å². The number of hydrogen-bond acceptors (Lipinski definition) is 1. The van der Waals surface area contributed by atoms with Gasteiger partial charge in [-0.05, 0) is 29.2 Å². The van der Waals surface area contributed by atoms with Crippen LogP contribution in [0.2, 0.25) is 5.02 Å². The third-order valence-corrected chi connectivity index (χ3v) is 2.51. The van der Waals surface area contributed by atoms with Gasteiger partial charge in [-0.3, -0.25) is 0 Å². The molecule has 1 nitrogen and oxygen atoms in total. The van der Waals surface area contributed by atoms with Crippen LogP contribution >= 0.6 is 11.6 Å². The topological polar surface area (TPSA) is 20.2 Å². The smallest absolute Gasteiger partial charge is 0.141 e. The van der Waals surface area contributed by atoms with Gasteiger partial charge in [-0.25, -0.2) is 4.39 Å². The molecule has 0 spiro atoms. The first-order valence-electron chi connectivity index (χ1n) is 4.81. The van der Waals surface area contributed by atoms with E-state index in [0.29, 0.717) is 0 Å². The Bertz CT molecular complexity index is 372. The van der Waals surface area contributed by atoms with E-state index in [2.05, 4.69) is 0 Å². The highest BCUT2D eigenvalue weighted by Crippen LogP contribution is 2.19. The third-order valence-electron chi connectivity index (χ3n) is 2.22. The Labute approximate surface area is 94.2 Å². The van der Waals surface area contributed by atoms with E-state index in [1.807, 2.05) is 19.9 Å². The quantitative estimate of drug-likeness (QED) is 0.840. The molecule has 1 rings (SSSR count). The zero-order valence-electron chi connectivity index (χ0n) is 8.80. The van der Waals surface area contributed by atoms with Gasteiger partial charge < -0.3 is 5.11 Å². The molecule has 0 saturated carbocycles. The molecule has 0 aliphatic rings. The van der Waals surface area contributed by atoms with Crippen LogP contribution in [0, 0.1) is 11.7 Å². The fraction of sp³-hybridized carbons (Fsp3) is 0.333. The van der Waals surface area contributed by atoms with E-state index >= 15 is 0 Å². The Morgan fingerprint density at radius 2 is 2.20 bits per heavy atom. The largest absolute Gasteiger partial charge is 0.392 e. The molecule has 82 valence electrons. The number of aliphatic hydroxyl groups excluding tert-OH is 1. The molecule has 1 N–H and O–H groups in total. The molecule has 1 aromatic carbocycles. The number of benzene rings is 1. The lowest BCUT2D eigenvalue weighted by Crippen LogP contribution is -1.98. The maximum absolute atomic E-state index is 12.9. The summed E-state index contributed by atoms with van der Waals surface area (Å²) >= 11 is 5.65. The van der Waals surface area contributed by atoms with Crippen molar-refractivity contribution in [3.8, 4) is 0 Å².